The summed E-state index contributed by atoms with van der Waals surface area (Å²) >= 11 is 0. The number of anilines is 1. The highest BCUT2D eigenvalue weighted by Crippen LogP contribution is 2.37. The fraction of sp³-hybridized carbons (Fsp3) is 0.538. The number of benzene rings is 1. The first-order valence-corrected chi connectivity index (χ1v) is 5.92. The van der Waals surface area contributed by atoms with Gasteiger partial charge in [0.25, 0.3) is 0 Å². The molecule has 0 aromatic heterocycles. The molecule has 0 bridgehead atoms. The predicted molar refractivity (Wildman–Crippen MR) is 63.3 cm³/mol. The van der Waals surface area contributed by atoms with Crippen LogP contribution in [0.1, 0.15) is 36.1 Å². The second-order valence-electron chi connectivity index (χ2n) is 4.82. The van der Waals surface area contributed by atoms with Crippen molar-refractivity contribution in [3.63, 3.8) is 0 Å². The summed E-state index contributed by atoms with van der Waals surface area (Å²) in [6, 6.07) is 4.80. The summed E-state index contributed by atoms with van der Waals surface area (Å²) in [5.41, 5.74) is 11.9. The van der Waals surface area contributed by atoms with Gasteiger partial charge < -0.3 is 10.6 Å². The van der Waals surface area contributed by atoms with Crippen molar-refractivity contribution in [1.82, 2.24) is 0 Å². The van der Waals surface area contributed by atoms with Crippen LogP contribution < -0.4 is 10.6 Å². The first kappa shape index (κ1) is 9.22. The summed E-state index contributed by atoms with van der Waals surface area (Å²) in [7, 11) is 0. The van der Waals surface area contributed by atoms with Gasteiger partial charge in [-0.25, -0.2) is 0 Å². The fourth-order valence-corrected chi connectivity index (χ4v) is 2.89. The second kappa shape index (κ2) is 3.24. The third kappa shape index (κ3) is 1.36. The SMILES string of the molecule is CC(N)c1cc2c3c(c1)CCN3CCC2. The van der Waals surface area contributed by atoms with Gasteiger partial charge in [0.1, 0.15) is 0 Å². The highest BCUT2D eigenvalue weighted by Gasteiger charge is 2.26. The zero-order valence-electron chi connectivity index (χ0n) is 9.29. The van der Waals surface area contributed by atoms with Crippen molar-refractivity contribution in [3.05, 3.63) is 28.8 Å². The van der Waals surface area contributed by atoms with E-state index in [-0.39, 0.29) is 6.04 Å². The van der Waals surface area contributed by atoms with Crippen LogP contribution in [0.2, 0.25) is 0 Å². The second-order valence-corrected chi connectivity index (χ2v) is 4.82. The third-order valence-corrected chi connectivity index (χ3v) is 3.66. The molecule has 0 radical (unpaired) electrons. The van der Waals surface area contributed by atoms with Crippen molar-refractivity contribution < 1.29 is 0 Å². The van der Waals surface area contributed by atoms with E-state index in [1.807, 2.05) is 0 Å². The van der Waals surface area contributed by atoms with Gasteiger partial charge in [0, 0.05) is 24.8 Å². The van der Waals surface area contributed by atoms with Gasteiger partial charge in [-0.2, -0.15) is 0 Å². The Kier molecular flexibility index (Phi) is 1.99. The number of nitrogens with two attached hydrogens (primary N) is 1. The topological polar surface area (TPSA) is 29.3 Å². The maximum Gasteiger partial charge on any atom is 0.0432 e. The van der Waals surface area contributed by atoms with Gasteiger partial charge in [0.2, 0.25) is 0 Å². The summed E-state index contributed by atoms with van der Waals surface area (Å²) in [5, 5.41) is 0. The van der Waals surface area contributed by atoms with Gasteiger partial charge in [-0.05, 0) is 42.9 Å². The summed E-state index contributed by atoms with van der Waals surface area (Å²) in [6.45, 7) is 4.53. The van der Waals surface area contributed by atoms with Crippen LogP contribution in [-0.2, 0) is 12.8 Å². The van der Waals surface area contributed by atoms with E-state index in [1.165, 1.54) is 54.7 Å². The van der Waals surface area contributed by atoms with Crippen LogP contribution in [-0.4, -0.2) is 13.1 Å². The first-order valence-electron chi connectivity index (χ1n) is 5.92. The lowest BCUT2D eigenvalue weighted by molar-refractivity contribution is 0.717. The van der Waals surface area contributed by atoms with Crippen molar-refractivity contribution in [3.8, 4) is 0 Å². The van der Waals surface area contributed by atoms with Gasteiger partial charge in [0.05, 0.1) is 0 Å². The van der Waals surface area contributed by atoms with E-state index in [0.29, 0.717) is 0 Å². The summed E-state index contributed by atoms with van der Waals surface area (Å²) in [5.74, 6) is 0. The molecule has 15 heavy (non-hydrogen) atoms. The van der Waals surface area contributed by atoms with Crippen LogP contribution in [0.5, 0.6) is 0 Å². The Hall–Kier alpha value is -1.02. The molecule has 2 aliphatic rings. The molecule has 0 aliphatic carbocycles. The molecular weight excluding hydrogens is 184 g/mol. The van der Waals surface area contributed by atoms with Crippen LogP contribution in [0.4, 0.5) is 5.69 Å². The van der Waals surface area contributed by atoms with Gasteiger partial charge in [-0.1, -0.05) is 12.1 Å². The van der Waals surface area contributed by atoms with Gasteiger partial charge in [-0.3, -0.25) is 0 Å². The van der Waals surface area contributed by atoms with Crippen molar-refractivity contribution >= 4 is 5.69 Å². The highest BCUT2D eigenvalue weighted by molar-refractivity contribution is 5.66. The number of aryl methyl sites for hydroxylation is 1. The molecule has 0 amide bonds. The van der Waals surface area contributed by atoms with E-state index in [4.69, 9.17) is 5.73 Å². The Morgan fingerprint density at radius 2 is 1.93 bits per heavy atom. The van der Waals surface area contributed by atoms with Crippen LogP contribution in [0.25, 0.3) is 0 Å². The molecule has 2 nitrogen and oxygen atoms in total. The molecule has 1 unspecified atom stereocenters. The Bertz CT molecular complexity index is 396. The maximum atomic E-state index is 5.97. The molecule has 0 fully saturated rings. The molecule has 0 saturated heterocycles. The third-order valence-electron chi connectivity index (χ3n) is 3.66. The monoisotopic (exact) mass is 202 g/mol. The van der Waals surface area contributed by atoms with Crippen LogP contribution in [0, 0.1) is 0 Å². The minimum atomic E-state index is 0.169. The Morgan fingerprint density at radius 1 is 1.20 bits per heavy atom. The van der Waals surface area contributed by atoms with Crippen LogP contribution in [0.15, 0.2) is 12.1 Å². The summed E-state index contributed by atoms with van der Waals surface area (Å²) < 4.78 is 0. The zero-order valence-corrected chi connectivity index (χ0v) is 9.29. The molecule has 1 atom stereocenters. The number of nitrogens with zero attached hydrogens (tertiary/aromatic N) is 1. The molecule has 2 heterocycles. The average molecular weight is 202 g/mol. The Labute approximate surface area is 91.1 Å². The van der Waals surface area contributed by atoms with Crippen LogP contribution in [0.3, 0.4) is 0 Å². The minimum absolute atomic E-state index is 0.169. The normalized spacial score (nSPS) is 20.3. The molecule has 1 aromatic rings. The molecule has 2 heteroatoms. The molecule has 0 spiro atoms. The minimum Gasteiger partial charge on any atom is -0.371 e. The van der Waals surface area contributed by atoms with E-state index in [2.05, 4.69) is 24.0 Å². The first-order chi connectivity index (χ1) is 7.25. The highest BCUT2D eigenvalue weighted by atomic mass is 15.2. The van der Waals surface area contributed by atoms with Crippen LogP contribution >= 0.6 is 0 Å². The van der Waals surface area contributed by atoms with E-state index in [0.717, 1.165) is 0 Å². The lowest BCUT2D eigenvalue weighted by Crippen LogP contribution is -2.26. The maximum absolute atomic E-state index is 5.97. The zero-order chi connectivity index (χ0) is 10.4. The van der Waals surface area contributed by atoms with Crippen molar-refractivity contribution in [2.45, 2.75) is 32.2 Å². The number of hydrogen-bond acceptors (Lipinski definition) is 2. The van der Waals surface area contributed by atoms with Gasteiger partial charge in [-0.15, -0.1) is 0 Å². The van der Waals surface area contributed by atoms with E-state index >= 15 is 0 Å². The molecule has 0 saturated carbocycles. The number of rotatable bonds is 1. The Balaban J connectivity index is 2.14. The molecule has 3 rings (SSSR count). The molecule has 2 aliphatic heterocycles. The predicted octanol–water partition coefficient (Wildman–Crippen LogP) is 2.02. The standard InChI is InChI=1S/C13H18N2/c1-9(14)12-7-10-3-2-5-15-6-4-11(8-12)13(10)15/h7-9H,2-6,14H2,1H3. The molecular formula is C13H18N2. The van der Waals surface area contributed by atoms with Gasteiger partial charge in [0.15, 0.2) is 0 Å². The summed E-state index contributed by atoms with van der Waals surface area (Å²) in [6.07, 6.45) is 3.75. The summed E-state index contributed by atoms with van der Waals surface area (Å²) in [4.78, 5) is 2.54. The largest absolute Gasteiger partial charge is 0.371 e. The van der Waals surface area contributed by atoms with Crippen molar-refractivity contribution in [1.29, 1.82) is 0 Å². The van der Waals surface area contributed by atoms with Crippen molar-refractivity contribution in [2.24, 2.45) is 5.73 Å². The van der Waals surface area contributed by atoms with Gasteiger partial charge >= 0.3 is 0 Å². The Morgan fingerprint density at radius 3 is 2.67 bits per heavy atom. The quantitative estimate of drug-likeness (QED) is 0.755. The average Bonchev–Trinajstić information content (AvgIpc) is 2.64. The fourth-order valence-electron chi connectivity index (χ4n) is 2.89. The molecule has 80 valence electrons. The smallest absolute Gasteiger partial charge is 0.0432 e. The van der Waals surface area contributed by atoms with Crippen molar-refractivity contribution in [2.75, 3.05) is 18.0 Å². The van der Waals surface area contributed by atoms with E-state index < -0.39 is 0 Å². The van der Waals surface area contributed by atoms with E-state index in [9.17, 15) is 0 Å². The molecule has 2 N–H and O–H groups in total. The molecule has 1 aromatic carbocycles. The lowest BCUT2D eigenvalue weighted by Gasteiger charge is -2.27. The van der Waals surface area contributed by atoms with E-state index in [1.54, 1.807) is 0 Å². The lowest BCUT2D eigenvalue weighted by atomic mass is 9.95. The number of hydrogen-bond donors (Lipinski definition) is 1.